The van der Waals surface area contributed by atoms with Crippen LogP contribution in [0.5, 0.6) is 0 Å². The van der Waals surface area contributed by atoms with E-state index in [1.807, 2.05) is 30.3 Å². The zero-order chi connectivity index (χ0) is 27.3. The predicted molar refractivity (Wildman–Crippen MR) is 155 cm³/mol. The molecule has 0 aliphatic heterocycles. The highest BCUT2D eigenvalue weighted by atomic mass is 16.5. The van der Waals surface area contributed by atoms with Gasteiger partial charge in [0.25, 0.3) is 0 Å². The fourth-order valence-corrected chi connectivity index (χ4v) is 9.89. The van der Waals surface area contributed by atoms with Gasteiger partial charge >= 0.3 is 5.97 Å². The Kier molecular flexibility index (Phi) is 7.66. The van der Waals surface area contributed by atoms with E-state index in [0.29, 0.717) is 28.7 Å². The quantitative estimate of drug-likeness (QED) is 0.289. The highest BCUT2D eigenvalue weighted by Crippen LogP contribution is 2.69. The molecule has 0 spiro atoms. The Labute approximate surface area is 231 Å². The molecule has 0 bridgehead atoms. The second-order valence-electron chi connectivity index (χ2n) is 14.7. The Bertz CT molecular complexity index is 1020. The summed E-state index contributed by atoms with van der Waals surface area (Å²) >= 11 is 0. The molecule has 5 rings (SSSR count). The minimum Gasteiger partial charge on any atom is -0.458 e. The topological polar surface area (TPSA) is 46.5 Å². The third-order valence-corrected chi connectivity index (χ3v) is 11.9. The third-order valence-electron chi connectivity index (χ3n) is 11.9. The summed E-state index contributed by atoms with van der Waals surface area (Å²) in [5.41, 5.74) is 1.59. The Hall–Kier alpha value is -1.61. The van der Waals surface area contributed by atoms with Gasteiger partial charge in [-0.3, -0.25) is 0 Å². The van der Waals surface area contributed by atoms with Crippen LogP contribution < -0.4 is 0 Å². The number of carbonyl (C=O) groups excluding carboxylic acids is 1. The normalized spacial score (nSPS) is 41.1. The molecule has 0 aromatic heterocycles. The first-order valence-electron chi connectivity index (χ1n) is 15.7. The van der Waals surface area contributed by atoms with Crippen LogP contribution in [0.3, 0.4) is 0 Å². The second-order valence-corrected chi connectivity index (χ2v) is 14.7. The average Bonchev–Trinajstić information content (AvgIpc) is 3.22. The number of benzene rings is 1. The first kappa shape index (κ1) is 27.9. The van der Waals surface area contributed by atoms with Gasteiger partial charge in [0.1, 0.15) is 6.10 Å². The molecule has 210 valence electrons. The van der Waals surface area contributed by atoms with Crippen LogP contribution in [0.25, 0.3) is 0 Å². The number of esters is 1. The van der Waals surface area contributed by atoms with Crippen molar-refractivity contribution in [2.24, 2.45) is 46.3 Å². The number of rotatable bonds is 7. The van der Waals surface area contributed by atoms with Crippen LogP contribution in [0.2, 0.25) is 0 Å². The lowest BCUT2D eigenvalue weighted by molar-refractivity contribution is -0.133. The molecule has 0 unspecified atom stereocenters. The van der Waals surface area contributed by atoms with Gasteiger partial charge in [-0.2, -0.15) is 0 Å². The van der Waals surface area contributed by atoms with Crippen LogP contribution in [0.1, 0.15) is 116 Å². The van der Waals surface area contributed by atoms with Crippen molar-refractivity contribution in [2.75, 3.05) is 0 Å². The van der Waals surface area contributed by atoms with Crippen molar-refractivity contribution in [1.82, 2.24) is 0 Å². The van der Waals surface area contributed by atoms with E-state index in [0.717, 1.165) is 37.0 Å². The van der Waals surface area contributed by atoms with E-state index < -0.39 is 5.60 Å². The fourth-order valence-electron chi connectivity index (χ4n) is 9.89. The fraction of sp³-hybridized carbons (Fsp3) is 0.743. The molecule has 4 aliphatic carbocycles. The molecule has 0 heterocycles. The first-order chi connectivity index (χ1) is 18.0. The summed E-state index contributed by atoms with van der Waals surface area (Å²) in [6, 6.07) is 9.33. The molecule has 1 aromatic rings. The van der Waals surface area contributed by atoms with Crippen molar-refractivity contribution < 1.29 is 14.6 Å². The van der Waals surface area contributed by atoms with Crippen molar-refractivity contribution in [3.63, 3.8) is 0 Å². The summed E-state index contributed by atoms with van der Waals surface area (Å²) in [5.74, 6) is 3.54. The zero-order valence-corrected chi connectivity index (χ0v) is 24.8. The Morgan fingerprint density at radius 1 is 0.974 bits per heavy atom. The molecule has 9 atom stereocenters. The van der Waals surface area contributed by atoms with E-state index in [4.69, 9.17) is 4.74 Å². The number of fused-ring (bicyclic) bond motifs is 5. The molecule has 1 aromatic carbocycles. The van der Waals surface area contributed by atoms with Gasteiger partial charge < -0.3 is 9.84 Å². The summed E-state index contributed by atoms with van der Waals surface area (Å²) in [6.07, 6.45) is 14.0. The number of carbonyl (C=O) groups is 1. The van der Waals surface area contributed by atoms with Crippen LogP contribution in [0, 0.1) is 46.3 Å². The van der Waals surface area contributed by atoms with E-state index in [-0.39, 0.29) is 17.5 Å². The van der Waals surface area contributed by atoms with Crippen molar-refractivity contribution in [3.8, 4) is 0 Å². The van der Waals surface area contributed by atoms with Crippen molar-refractivity contribution in [2.45, 2.75) is 117 Å². The monoisotopic (exact) mass is 520 g/mol. The van der Waals surface area contributed by atoms with Gasteiger partial charge in [-0.15, -0.1) is 0 Å². The average molecular weight is 521 g/mol. The lowest BCUT2D eigenvalue weighted by Gasteiger charge is -2.62. The largest absolute Gasteiger partial charge is 0.458 e. The van der Waals surface area contributed by atoms with Crippen molar-refractivity contribution in [1.29, 1.82) is 0 Å². The lowest BCUT2D eigenvalue weighted by atomic mass is 9.44. The molecule has 3 fully saturated rings. The maximum atomic E-state index is 12.8. The molecule has 0 amide bonds. The van der Waals surface area contributed by atoms with E-state index in [1.165, 1.54) is 50.5 Å². The first-order valence-corrected chi connectivity index (χ1v) is 15.7. The van der Waals surface area contributed by atoms with Crippen molar-refractivity contribution >= 4 is 5.97 Å². The molecule has 1 N–H and O–H groups in total. The standard InChI is InChI=1S/C35H52O3/c1-23(2)11-10-12-24(3)28-15-16-29-31-30(18-20-34(28,29)5)33(4)19-17-27(21-26(33)22-35(31,6)37)38-32(36)25-13-8-7-9-14-25/h7-9,13-14,22-24,27-31,37H,10-12,15-21H2,1-6H3/t24-,27-,28+,29-,30+,31-,33+,34-,35+/m1/s1. The minimum atomic E-state index is -0.799. The summed E-state index contributed by atoms with van der Waals surface area (Å²) in [4.78, 5) is 12.8. The highest BCUT2D eigenvalue weighted by molar-refractivity contribution is 5.89. The van der Waals surface area contributed by atoms with E-state index in [9.17, 15) is 9.90 Å². The van der Waals surface area contributed by atoms with Gasteiger partial charge in [0, 0.05) is 6.42 Å². The van der Waals surface area contributed by atoms with Gasteiger partial charge in [-0.1, -0.05) is 83.7 Å². The van der Waals surface area contributed by atoms with Gasteiger partial charge in [-0.25, -0.2) is 4.79 Å². The maximum Gasteiger partial charge on any atom is 0.338 e. The van der Waals surface area contributed by atoms with E-state index in [2.05, 4.69) is 47.6 Å². The molecule has 3 nitrogen and oxygen atoms in total. The van der Waals surface area contributed by atoms with Crippen LogP contribution in [0.15, 0.2) is 42.0 Å². The Morgan fingerprint density at radius 3 is 2.42 bits per heavy atom. The predicted octanol–water partition coefficient (Wildman–Crippen LogP) is 8.61. The molecule has 3 saturated carbocycles. The van der Waals surface area contributed by atoms with E-state index in [1.54, 1.807) is 0 Å². The van der Waals surface area contributed by atoms with Crippen molar-refractivity contribution in [3.05, 3.63) is 47.5 Å². The van der Waals surface area contributed by atoms with Crippen LogP contribution in [-0.4, -0.2) is 22.8 Å². The maximum absolute atomic E-state index is 12.8. The third kappa shape index (κ3) is 4.91. The second kappa shape index (κ2) is 10.4. The smallest absolute Gasteiger partial charge is 0.338 e. The molecule has 38 heavy (non-hydrogen) atoms. The minimum absolute atomic E-state index is 0.102. The number of aliphatic hydroxyl groups is 1. The molecular formula is C35H52O3. The number of hydrogen-bond donors (Lipinski definition) is 1. The molecular weight excluding hydrogens is 468 g/mol. The summed E-state index contributed by atoms with van der Waals surface area (Å²) in [5, 5.41) is 12.1. The summed E-state index contributed by atoms with van der Waals surface area (Å²) in [7, 11) is 0. The highest BCUT2D eigenvalue weighted by Gasteiger charge is 2.63. The molecule has 4 aliphatic rings. The van der Waals surface area contributed by atoms with Gasteiger partial charge in [0.2, 0.25) is 0 Å². The number of hydrogen-bond acceptors (Lipinski definition) is 3. The summed E-state index contributed by atoms with van der Waals surface area (Å²) < 4.78 is 5.99. The van der Waals surface area contributed by atoms with E-state index >= 15 is 0 Å². The van der Waals surface area contributed by atoms with Crippen LogP contribution in [-0.2, 0) is 4.74 Å². The van der Waals surface area contributed by atoms with Crippen LogP contribution in [0.4, 0.5) is 0 Å². The van der Waals surface area contributed by atoms with Crippen LogP contribution >= 0.6 is 0 Å². The summed E-state index contributed by atoms with van der Waals surface area (Å²) in [6.45, 7) is 14.3. The van der Waals surface area contributed by atoms with Gasteiger partial charge in [0.05, 0.1) is 11.2 Å². The van der Waals surface area contributed by atoms with Gasteiger partial charge in [-0.05, 0) is 104 Å². The number of ether oxygens (including phenoxy) is 1. The SMILES string of the molecule is CC(C)CCC[C@@H](C)[C@@H]1CC[C@@H]2[C@@H]3[C@H](CC[C@@]21C)[C@@]1(C)CC[C@@H](OC(=O)c2ccccc2)CC1=C[C@]3(C)O. The van der Waals surface area contributed by atoms with Gasteiger partial charge in [0.15, 0.2) is 0 Å². The molecule has 3 heteroatoms. The molecule has 0 saturated heterocycles. The lowest BCUT2D eigenvalue weighted by Crippen LogP contribution is -2.59. The molecule has 0 radical (unpaired) electrons. The Morgan fingerprint density at radius 2 is 1.71 bits per heavy atom. The zero-order valence-electron chi connectivity index (χ0n) is 24.8. The Balaban J connectivity index is 1.33.